The second kappa shape index (κ2) is 9.68. The first-order chi connectivity index (χ1) is 16.3. The summed E-state index contributed by atoms with van der Waals surface area (Å²) >= 11 is 0. The van der Waals surface area contributed by atoms with Crippen LogP contribution in [0.5, 0.6) is 5.75 Å². The maximum absolute atomic E-state index is 13.1. The van der Waals surface area contributed by atoms with Crippen molar-refractivity contribution in [3.8, 4) is 5.75 Å². The average molecular weight is 474 g/mol. The van der Waals surface area contributed by atoms with E-state index in [0.717, 1.165) is 41.8 Å². The van der Waals surface area contributed by atoms with Crippen LogP contribution in [0.1, 0.15) is 21.5 Å². The van der Waals surface area contributed by atoms with Crippen LogP contribution >= 0.6 is 0 Å². The number of benzene rings is 4. The lowest BCUT2D eigenvalue weighted by molar-refractivity contribution is -0.384. The number of non-ortho nitro benzene ring substituents is 1. The Labute approximate surface area is 196 Å². The number of carbonyl (C=O) groups is 1. The average Bonchev–Trinajstić information content (AvgIpc) is 2.86. The lowest BCUT2D eigenvalue weighted by Gasteiger charge is -2.11. The van der Waals surface area contributed by atoms with E-state index < -0.39 is 20.7 Å². The molecule has 0 spiro atoms. The van der Waals surface area contributed by atoms with E-state index in [-0.39, 0.29) is 26.8 Å². The van der Waals surface area contributed by atoms with Gasteiger partial charge in [-0.05, 0) is 53.9 Å². The van der Waals surface area contributed by atoms with Crippen molar-refractivity contribution in [3.05, 3.63) is 130 Å². The summed E-state index contributed by atoms with van der Waals surface area (Å²) < 4.78 is 31.7. The number of carbonyl (C=O) groups excluding carboxylic acids is 1. The molecule has 0 aliphatic carbocycles. The van der Waals surface area contributed by atoms with Gasteiger partial charge in [-0.25, -0.2) is 13.2 Å². The quantitative estimate of drug-likeness (QED) is 0.157. The minimum atomic E-state index is -4.11. The summed E-state index contributed by atoms with van der Waals surface area (Å²) in [6.07, 6.45) is 0.728. The molecule has 0 N–H and O–H groups in total. The van der Waals surface area contributed by atoms with Gasteiger partial charge >= 0.3 is 5.97 Å². The van der Waals surface area contributed by atoms with Gasteiger partial charge in [0.2, 0.25) is 9.84 Å². The molecule has 8 heteroatoms. The number of sulfone groups is 1. The first-order valence-corrected chi connectivity index (χ1v) is 11.8. The molecule has 0 radical (unpaired) electrons. The van der Waals surface area contributed by atoms with E-state index in [4.69, 9.17) is 4.74 Å². The Balaban J connectivity index is 1.55. The number of nitro groups is 1. The topological polar surface area (TPSA) is 104 Å². The molecule has 7 nitrogen and oxygen atoms in total. The zero-order chi connectivity index (χ0) is 24.1. The van der Waals surface area contributed by atoms with Crippen LogP contribution in [0.25, 0.3) is 0 Å². The summed E-state index contributed by atoms with van der Waals surface area (Å²) in [5.41, 5.74) is 1.82. The van der Waals surface area contributed by atoms with Crippen LogP contribution in [0, 0.1) is 10.1 Å². The van der Waals surface area contributed by atoms with E-state index in [2.05, 4.69) is 0 Å². The van der Waals surface area contributed by atoms with Gasteiger partial charge in [0.25, 0.3) is 5.69 Å². The highest BCUT2D eigenvalue weighted by Gasteiger charge is 2.26. The number of hydrogen-bond donors (Lipinski definition) is 0. The van der Waals surface area contributed by atoms with Gasteiger partial charge in [0.05, 0.1) is 20.3 Å². The molecular weight excluding hydrogens is 454 g/mol. The van der Waals surface area contributed by atoms with Crippen LogP contribution < -0.4 is 4.74 Å². The van der Waals surface area contributed by atoms with Crippen LogP contribution in [0.3, 0.4) is 0 Å². The van der Waals surface area contributed by atoms with Gasteiger partial charge in [-0.15, -0.1) is 0 Å². The Hall–Kier alpha value is -4.30. The highest BCUT2D eigenvalue weighted by Crippen LogP contribution is 2.27. The highest BCUT2D eigenvalue weighted by molar-refractivity contribution is 7.91. The van der Waals surface area contributed by atoms with Crippen molar-refractivity contribution >= 4 is 21.5 Å². The third-order valence-electron chi connectivity index (χ3n) is 5.14. The zero-order valence-electron chi connectivity index (χ0n) is 17.8. The molecule has 0 bridgehead atoms. The maximum atomic E-state index is 13.1. The largest absolute Gasteiger partial charge is 0.423 e. The van der Waals surface area contributed by atoms with Crippen molar-refractivity contribution in [2.45, 2.75) is 16.2 Å². The van der Waals surface area contributed by atoms with Gasteiger partial charge in [-0.3, -0.25) is 10.1 Å². The second-order valence-electron chi connectivity index (χ2n) is 7.45. The van der Waals surface area contributed by atoms with Crippen LogP contribution in [0.4, 0.5) is 5.69 Å². The van der Waals surface area contributed by atoms with Crippen molar-refractivity contribution in [3.63, 3.8) is 0 Å². The van der Waals surface area contributed by atoms with Gasteiger partial charge in [0, 0.05) is 12.1 Å². The Kier molecular flexibility index (Phi) is 6.51. The Bertz CT molecular complexity index is 1430. The number of ether oxygens (including phenoxy) is 1. The smallest absolute Gasteiger partial charge is 0.344 e. The molecule has 170 valence electrons. The molecule has 0 saturated heterocycles. The van der Waals surface area contributed by atoms with Crippen molar-refractivity contribution in [2.75, 3.05) is 0 Å². The molecule has 0 amide bonds. The van der Waals surface area contributed by atoms with E-state index in [9.17, 15) is 23.3 Å². The summed E-state index contributed by atoms with van der Waals surface area (Å²) in [7, 11) is -4.11. The van der Waals surface area contributed by atoms with Gasteiger partial charge in [-0.2, -0.15) is 0 Å². The van der Waals surface area contributed by atoms with E-state index in [1.807, 2.05) is 42.5 Å². The van der Waals surface area contributed by atoms with Crippen LogP contribution in [-0.4, -0.2) is 19.3 Å². The van der Waals surface area contributed by atoms with E-state index in [1.165, 1.54) is 24.3 Å². The predicted octanol–water partition coefficient (Wildman–Crippen LogP) is 5.24. The maximum Gasteiger partial charge on any atom is 0.344 e. The third kappa shape index (κ3) is 5.02. The fraction of sp³-hybridized carbons (Fsp3) is 0.0385. The minimum Gasteiger partial charge on any atom is -0.423 e. The van der Waals surface area contributed by atoms with Crippen LogP contribution in [0.15, 0.2) is 113 Å². The Morgan fingerprint density at radius 2 is 1.35 bits per heavy atom. The summed E-state index contributed by atoms with van der Waals surface area (Å²) in [6, 6.07) is 27.1. The monoisotopic (exact) mass is 473 g/mol. The summed E-state index contributed by atoms with van der Waals surface area (Å²) in [4.78, 5) is 22.7. The van der Waals surface area contributed by atoms with E-state index in [1.54, 1.807) is 12.1 Å². The molecule has 0 aliphatic rings. The number of esters is 1. The second-order valence-corrected chi connectivity index (χ2v) is 9.36. The molecule has 0 aromatic heterocycles. The lowest BCUT2D eigenvalue weighted by Crippen LogP contribution is -2.14. The Morgan fingerprint density at radius 1 is 0.765 bits per heavy atom. The standard InChI is InChI=1S/C26H19NO6S/c28-26(33-22-14-10-20(11-15-22)18-19-6-2-1-3-7-19)24-8-4-5-9-25(24)34(31,32)23-16-12-21(13-17-23)27(29)30/h1-17H,18H2. The van der Waals surface area contributed by atoms with Crippen molar-refractivity contribution in [1.29, 1.82) is 0 Å². The number of hydrogen-bond acceptors (Lipinski definition) is 6. The van der Waals surface area contributed by atoms with E-state index >= 15 is 0 Å². The summed E-state index contributed by atoms with van der Waals surface area (Å²) in [5, 5.41) is 10.9. The minimum absolute atomic E-state index is 0.130. The summed E-state index contributed by atoms with van der Waals surface area (Å²) in [6.45, 7) is 0. The molecule has 4 aromatic rings. The molecular formula is C26H19NO6S. The molecule has 0 atom stereocenters. The predicted molar refractivity (Wildman–Crippen MR) is 126 cm³/mol. The zero-order valence-corrected chi connectivity index (χ0v) is 18.6. The molecule has 0 aliphatic heterocycles. The van der Waals surface area contributed by atoms with E-state index in [0.29, 0.717) is 0 Å². The summed E-state index contributed by atoms with van der Waals surface area (Å²) in [5.74, 6) is -0.541. The van der Waals surface area contributed by atoms with Gasteiger partial charge in [0.15, 0.2) is 0 Å². The van der Waals surface area contributed by atoms with Crippen molar-refractivity contribution in [2.24, 2.45) is 0 Å². The molecule has 4 aromatic carbocycles. The molecule has 0 heterocycles. The van der Waals surface area contributed by atoms with Gasteiger partial charge < -0.3 is 4.74 Å². The van der Waals surface area contributed by atoms with Crippen LogP contribution in [0.2, 0.25) is 0 Å². The lowest BCUT2D eigenvalue weighted by atomic mass is 10.1. The van der Waals surface area contributed by atoms with Crippen molar-refractivity contribution in [1.82, 2.24) is 0 Å². The SMILES string of the molecule is O=C(Oc1ccc(Cc2ccccc2)cc1)c1ccccc1S(=O)(=O)c1ccc([N+](=O)[O-])cc1. The normalized spacial score (nSPS) is 11.1. The molecule has 4 rings (SSSR count). The third-order valence-corrected chi connectivity index (χ3v) is 6.97. The number of nitrogens with zero attached hydrogens (tertiary/aromatic N) is 1. The van der Waals surface area contributed by atoms with Gasteiger partial charge in [0.1, 0.15) is 5.75 Å². The number of rotatable bonds is 7. The molecule has 0 fully saturated rings. The fourth-order valence-electron chi connectivity index (χ4n) is 3.41. The number of nitro benzene ring substituents is 1. The Morgan fingerprint density at radius 3 is 2.00 bits per heavy atom. The van der Waals surface area contributed by atoms with Gasteiger partial charge in [-0.1, -0.05) is 54.6 Å². The first-order valence-electron chi connectivity index (χ1n) is 10.3. The van der Waals surface area contributed by atoms with Crippen molar-refractivity contribution < 1.29 is 22.9 Å². The molecule has 0 saturated carbocycles. The fourth-order valence-corrected chi connectivity index (χ4v) is 4.86. The highest BCUT2D eigenvalue weighted by atomic mass is 32.2. The van der Waals surface area contributed by atoms with Crippen LogP contribution in [-0.2, 0) is 16.3 Å². The molecule has 0 unspecified atom stereocenters. The molecule has 34 heavy (non-hydrogen) atoms. The first kappa shape index (κ1) is 22.9.